The molecule has 1 spiro atoms. The first-order chi connectivity index (χ1) is 15.5. The number of ether oxygens (including phenoxy) is 1. The number of anilines is 2. The van der Waals surface area contributed by atoms with Crippen LogP contribution in [0.2, 0.25) is 5.02 Å². The van der Waals surface area contributed by atoms with Crippen molar-refractivity contribution in [3.8, 4) is 5.75 Å². The van der Waals surface area contributed by atoms with E-state index in [0.29, 0.717) is 16.0 Å². The molecule has 0 aromatic carbocycles. The molecule has 4 N–H and O–H groups in total. The number of hydrogen-bond acceptors (Lipinski definition) is 10. The molecule has 1 atom stereocenters. The summed E-state index contributed by atoms with van der Waals surface area (Å²) in [7, 11) is 1.65. The molecule has 32 heavy (non-hydrogen) atoms. The van der Waals surface area contributed by atoms with Gasteiger partial charge in [0.05, 0.1) is 24.5 Å². The van der Waals surface area contributed by atoms with E-state index in [0.717, 1.165) is 54.3 Å². The van der Waals surface area contributed by atoms with Crippen LogP contribution < -0.4 is 21.1 Å². The van der Waals surface area contributed by atoms with E-state index >= 15 is 0 Å². The van der Waals surface area contributed by atoms with Gasteiger partial charge in [0.15, 0.2) is 0 Å². The van der Waals surface area contributed by atoms with Crippen molar-refractivity contribution in [2.24, 2.45) is 11.1 Å². The van der Waals surface area contributed by atoms with Crippen LogP contribution in [0.1, 0.15) is 30.1 Å². The van der Waals surface area contributed by atoms with E-state index < -0.39 is 0 Å². The number of hydrogen-bond donors (Lipinski definition) is 2. The van der Waals surface area contributed by atoms with Crippen molar-refractivity contribution < 1.29 is 4.74 Å². The molecular weight excluding hydrogens is 448 g/mol. The Labute approximate surface area is 194 Å². The topological polar surface area (TPSA) is 129 Å². The first kappa shape index (κ1) is 21.2. The highest BCUT2D eigenvalue weighted by atomic mass is 35.5. The fourth-order valence-corrected chi connectivity index (χ4v) is 5.48. The highest BCUT2D eigenvalue weighted by Gasteiger charge is 2.47. The zero-order chi connectivity index (χ0) is 22.3. The summed E-state index contributed by atoms with van der Waals surface area (Å²) in [6.07, 6.45) is 7.87. The Balaban J connectivity index is 1.25. The van der Waals surface area contributed by atoms with Crippen molar-refractivity contribution in [3.05, 3.63) is 47.0 Å². The number of methoxy groups -OCH3 is 1. The van der Waals surface area contributed by atoms with E-state index in [-0.39, 0.29) is 17.3 Å². The van der Waals surface area contributed by atoms with Gasteiger partial charge in [0.25, 0.3) is 0 Å². The lowest BCUT2D eigenvalue weighted by molar-refractivity contribution is 0.186. The number of nitrogens with two attached hydrogens (primary N) is 2. The van der Waals surface area contributed by atoms with Gasteiger partial charge in [-0.1, -0.05) is 23.4 Å². The molecule has 11 heteroatoms. The predicted molar refractivity (Wildman–Crippen MR) is 123 cm³/mol. The van der Waals surface area contributed by atoms with Crippen LogP contribution in [0.25, 0.3) is 0 Å². The van der Waals surface area contributed by atoms with Crippen LogP contribution in [0.4, 0.5) is 11.8 Å². The summed E-state index contributed by atoms with van der Waals surface area (Å²) in [6.45, 7) is 1.64. The second kappa shape index (κ2) is 8.34. The zero-order valence-corrected chi connectivity index (χ0v) is 19.1. The van der Waals surface area contributed by atoms with Crippen molar-refractivity contribution >= 4 is 35.1 Å². The number of aromatic nitrogens is 5. The summed E-state index contributed by atoms with van der Waals surface area (Å²) in [5, 5.41) is 9.71. The molecule has 0 unspecified atom stereocenters. The van der Waals surface area contributed by atoms with Gasteiger partial charge in [-0.2, -0.15) is 0 Å². The lowest BCUT2D eigenvalue weighted by atomic mass is 9.73. The molecule has 0 radical (unpaired) electrons. The standard InChI is InChI=1S/C21H23ClN8OS/c1-31-12-8-13-14(26-10-12)9-21(18(13)23)3-6-30(7-4-21)20-27-11-16(28-29-20)32-15-2-5-25-19(24)17(15)22/h2,5,8,10-11,18H,3-4,6-7,9,23H2,1H3,(H2,24,25)/t18-/m1/s1. The average molecular weight is 471 g/mol. The Kier molecular flexibility index (Phi) is 5.52. The first-order valence-corrected chi connectivity index (χ1v) is 11.5. The Bertz CT molecular complexity index is 1140. The highest BCUT2D eigenvalue weighted by Crippen LogP contribution is 2.50. The first-order valence-electron chi connectivity index (χ1n) is 10.3. The molecule has 166 valence electrons. The van der Waals surface area contributed by atoms with E-state index in [1.165, 1.54) is 11.8 Å². The second-order valence-corrected chi connectivity index (χ2v) is 9.56. The highest BCUT2D eigenvalue weighted by molar-refractivity contribution is 7.99. The number of fused-ring (bicyclic) bond motifs is 1. The van der Waals surface area contributed by atoms with Crippen LogP contribution in [0.5, 0.6) is 5.75 Å². The third-order valence-corrected chi connectivity index (χ3v) is 7.86. The summed E-state index contributed by atoms with van der Waals surface area (Å²) in [4.78, 5) is 16.0. The largest absolute Gasteiger partial charge is 0.495 e. The molecule has 4 heterocycles. The molecule has 0 amide bonds. The quantitative estimate of drug-likeness (QED) is 0.586. The van der Waals surface area contributed by atoms with Crippen LogP contribution in [0, 0.1) is 5.41 Å². The number of pyridine rings is 2. The summed E-state index contributed by atoms with van der Waals surface area (Å²) in [6, 6.07) is 3.77. The van der Waals surface area contributed by atoms with Gasteiger partial charge in [-0.15, -0.1) is 10.2 Å². The maximum absolute atomic E-state index is 6.70. The molecule has 2 aliphatic rings. The third kappa shape index (κ3) is 3.72. The fourth-order valence-electron chi connectivity index (χ4n) is 4.51. The van der Waals surface area contributed by atoms with Crippen LogP contribution in [0.3, 0.4) is 0 Å². The molecule has 1 aliphatic heterocycles. The van der Waals surface area contributed by atoms with E-state index in [4.69, 9.17) is 27.8 Å². The number of piperidine rings is 1. The monoisotopic (exact) mass is 470 g/mol. The summed E-state index contributed by atoms with van der Waals surface area (Å²) >= 11 is 7.57. The van der Waals surface area contributed by atoms with E-state index in [2.05, 4.69) is 30.0 Å². The predicted octanol–water partition coefficient (Wildman–Crippen LogP) is 2.90. The summed E-state index contributed by atoms with van der Waals surface area (Å²) in [5.74, 6) is 1.66. The minimum Gasteiger partial charge on any atom is -0.495 e. The molecule has 0 saturated carbocycles. The fraction of sp³-hybridized carbons (Fsp3) is 0.381. The van der Waals surface area contributed by atoms with Crippen LogP contribution in [-0.4, -0.2) is 45.3 Å². The van der Waals surface area contributed by atoms with Gasteiger partial charge in [-0.3, -0.25) is 4.98 Å². The molecule has 5 rings (SSSR count). The lowest BCUT2D eigenvalue weighted by Gasteiger charge is -2.41. The van der Waals surface area contributed by atoms with Gasteiger partial charge in [0.1, 0.15) is 16.6 Å². The van der Waals surface area contributed by atoms with Gasteiger partial charge < -0.3 is 21.1 Å². The summed E-state index contributed by atoms with van der Waals surface area (Å²) < 4.78 is 5.33. The van der Waals surface area contributed by atoms with E-state index in [1.54, 1.807) is 31.8 Å². The number of rotatable bonds is 4. The molecule has 3 aromatic heterocycles. The van der Waals surface area contributed by atoms with Crippen LogP contribution >= 0.6 is 23.4 Å². The SMILES string of the molecule is COc1cnc2c(c1)[C@@H](N)C1(CCN(c3ncc(Sc4ccnc(N)c4Cl)nn3)CC1)C2. The Hall–Kier alpha value is -2.69. The smallest absolute Gasteiger partial charge is 0.245 e. The van der Waals surface area contributed by atoms with Crippen molar-refractivity contribution in [2.75, 3.05) is 30.8 Å². The molecule has 1 fully saturated rings. The molecule has 1 aliphatic carbocycles. The normalized spacial score (nSPS) is 19.2. The lowest BCUT2D eigenvalue weighted by Crippen LogP contribution is -2.45. The Morgan fingerprint density at radius 2 is 2.00 bits per heavy atom. The van der Waals surface area contributed by atoms with Crippen molar-refractivity contribution in [1.82, 2.24) is 25.1 Å². The molecule has 9 nitrogen and oxygen atoms in total. The minimum absolute atomic E-state index is 0.0133. The third-order valence-electron chi connectivity index (χ3n) is 6.39. The van der Waals surface area contributed by atoms with Gasteiger partial charge in [-0.05, 0) is 42.4 Å². The van der Waals surface area contributed by atoms with Gasteiger partial charge in [-0.25, -0.2) is 9.97 Å². The molecular formula is C21H23ClN8OS. The van der Waals surface area contributed by atoms with Gasteiger partial charge in [0.2, 0.25) is 5.95 Å². The Morgan fingerprint density at radius 3 is 2.72 bits per heavy atom. The van der Waals surface area contributed by atoms with Gasteiger partial charge in [0, 0.05) is 35.9 Å². The average Bonchev–Trinajstić information content (AvgIpc) is 3.08. The van der Waals surface area contributed by atoms with Crippen molar-refractivity contribution in [1.29, 1.82) is 0 Å². The maximum atomic E-state index is 6.70. The summed E-state index contributed by atoms with van der Waals surface area (Å²) in [5.41, 5.74) is 14.7. The second-order valence-electron chi connectivity index (χ2n) is 8.12. The van der Waals surface area contributed by atoms with E-state index in [1.807, 2.05) is 6.07 Å². The molecule has 0 bridgehead atoms. The van der Waals surface area contributed by atoms with Crippen molar-refractivity contribution in [3.63, 3.8) is 0 Å². The Morgan fingerprint density at radius 1 is 1.19 bits per heavy atom. The zero-order valence-electron chi connectivity index (χ0n) is 17.5. The number of nitrogen functional groups attached to an aromatic ring is 1. The number of nitrogens with zero attached hydrogens (tertiary/aromatic N) is 6. The molecule has 1 saturated heterocycles. The maximum Gasteiger partial charge on any atom is 0.245 e. The van der Waals surface area contributed by atoms with Crippen LogP contribution in [0.15, 0.2) is 40.6 Å². The number of halogens is 1. The molecule has 3 aromatic rings. The van der Waals surface area contributed by atoms with E-state index in [9.17, 15) is 0 Å². The van der Waals surface area contributed by atoms with Gasteiger partial charge >= 0.3 is 0 Å². The van der Waals surface area contributed by atoms with Crippen molar-refractivity contribution in [2.45, 2.75) is 35.2 Å². The minimum atomic E-state index is -0.0439. The van der Waals surface area contributed by atoms with Crippen LogP contribution in [-0.2, 0) is 6.42 Å².